The van der Waals surface area contributed by atoms with Crippen molar-refractivity contribution in [3.63, 3.8) is 0 Å². The molecule has 0 saturated heterocycles. The summed E-state index contributed by atoms with van der Waals surface area (Å²) in [6, 6.07) is 3.82. The van der Waals surface area contributed by atoms with Gasteiger partial charge in [-0.2, -0.15) is 0 Å². The Morgan fingerprint density at radius 1 is 1.50 bits per heavy atom. The molecule has 0 aliphatic heterocycles. The van der Waals surface area contributed by atoms with Crippen molar-refractivity contribution in [2.75, 3.05) is 6.61 Å². The van der Waals surface area contributed by atoms with E-state index >= 15 is 0 Å². The van der Waals surface area contributed by atoms with Gasteiger partial charge in [0.15, 0.2) is 0 Å². The lowest BCUT2D eigenvalue weighted by Gasteiger charge is -2.02. The zero-order chi connectivity index (χ0) is 11.5. The van der Waals surface area contributed by atoms with Crippen molar-refractivity contribution in [1.82, 2.24) is 15.0 Å². The number of benzene rings is 1. The van der Waals surface area contributed by atoms with Gasteiger partial charge in [-0.15, -0.1) is 11.5 Å². The number of rotatable bonds is 3. The summed E-state index contributed by atoms with van der Waals surface area (Å²) >= 11 is 0. The number of nitrogens with zero attached hydrogens (tertiary/aromatic N) is 3. The fraction of sp³-hybridized carbons (Fsp3) is 0.333. The van der Waals surface area contributed by atoms with Crippen LogP contribution in [0.4, 0.5) is 0 Å². The van der Waals surface area contributed by atoms with Gasteiger partial charge in [0, 0.05) is 18.7 Å². The van der Waals surface area contributed by atoms with E-state index in [0.29, 0.717) is 13.0 Å². The van der Waals surface area contributed by atoms with Crippen molar-refractivity contribution in [2.45, 2.75) is 19.9 Å². The molecule has 0 unspecified atom stereocenters. The lowest BCUT2D eigenvalue weighted by atomic mass is 10.1. The van der Waals surface area contributed by atoms with E-state index in [1.54, 1.807) is 4.68 Å². The van der Waals surface area contributed by atoms with Crippen molar-refractivity contribution >= 4 is 11.0 Å². The molecule has 0 aliphatic carbocycles. The zero-order valence-corrected chi connectivity index (χ0v) is 9.14. The van der Waals surface area contributed by atoms with Crippen LogP contribution < -0.4 is 0 Å². The van der Waals surface area contributed by atoms with E-state index in [1.807, 2.05) is 19.1 Å². The summed E-state index contributed by atoms with van der Waals surface area (Å²) in [7, 11) is 0. The first-order valence-electron chi connectivity index (χ1n) is 5.18. The van der Waals surface area contributed by atoms with Crippen LogP contribution in [0, 0.1) is 19.3 Å². The molecular weight excluding hydrogens is 202 g/mol. The maximum absolute atomic E-state index is 8.79. The van der Waals surface area contributed by atoms with Gasteiger partial charge in [-0.1, -0.05) is 11.1 Å². The average molecular weight is 215 g/mol. The number of fused-ring (bicyclic) bond motifs is 1. The summed E-state index contributed by atoms with van der Waals surface area (Å²) in [5, 5.41) is 17.0. The SMILES string of the molecule is C#Cc1ccc2c(nnn2CCCO)c1C. The first kappa shape index (κ1) is 10.7. The molecule has 4 nitrogen and oxygen atoms in total. The molecule has 1 aromatic carbocycles. The second kappa shape index (κ2) is 4.33. The van der Waals surface area contributed by atoms with Gasteiger partial charge < -0.3 is 5.11 Å². The predicted molar refractivity (Wildman–Crippen MR) is 61.9 cm³/mol. The number of hydrogen-bond acceptors (Lipinski definition) is 3. The second-order valence-electron chi connectivity index (χ2n) is 3.64. The molecule has 16 heavy (non-hydrogen) atoms. The van der Waals surface area contributed by atoms with E-state index in [4.69, 9.17) is 11.5 Å². The Bertz CT molecular complexity index is 551. The monoisotopic (exact) mass is 215 g/mol. The van der Waals surface area contributed by atoms with Crippen LogP contribution in [0.15, 0.2) is 12.1 Å². The third-order valence-electron chi connectivity index (χ3n) is 2.62. The first-order chi connectivity index (χ1) is 7.77. The van der Waals surface area contributed by atoms with Gasteiger partial charge in [0.25, 0.3) is 0 Å². The molecule has 2 aromatic rings. The summed E-state index contributed by atoms with van der Waals surface area (Å²) in [5.41, 5.74) is 3.63. The minimum atomic E-state index is 0.156. The van der Waals surface area contributed by atoms with E-state index in [0.717, 1.165) is 22.2 Å². The maximum Gasteiger partial charge on any atom is 0.117 e. The predicted octanol–water partition coefficient (Wildman–Crippen LogP) is 1.10. The minimum Gasteiger partial charge on any atom is -0.396 e. The Kier molecular flexibility index (Phi) is 2.88. The van der Waals surface area contributed by atoms with Crippen molar-refractivity contribution in [3.8, 4) is 12.3 Å². The van der Waals surface area contributed by atoms with E-state index in [-0.39, 0.29) is 6.61 Å². The molecule has 0 aliphatic rings. The summed E-state index contributed by atoms with van der Waals surface area (Å²) < 4.78 is 1.79. The van der Waals surface area contributed by atoms with Gasteiger partial charge in [-0.05, 0) is 31.0 Å². The Labute approximate surface area is 93.9 Å². The molecule has 2 rings (SSSR count). The van der Waals surface area contributed by atoms with E-state index in [2.05, 4.69) is 16.2 Å². The van der Waals surface area contributed by atoms with Gasteiger partial charge in [0.05, 0.1) is 5.52 Å². The number of hydrogen-bond donors (Lipinski definition) is 1. The smallest absolute Gasteiger partial charge is 0.117 e. The zero-order valence-electron chi connectivity index (χ0n) is 9.14. The van der Waals surface area contributed by atoms with Crippen molar-refractivity contribution in [1.29, 1.82) is 0 Å². The first-order valence-corrected chi connectivity index (χ1v) is 5.18. The third-order valence-corrected chi connectivity index (χ3v) is 2.62. The lowest BCUT2D eigenvalue weighted by Crippen LogP contribution is -2.02. The molecule has 0 fully saturated rings. The van der Waals surface area contributed by atoms with E-state index < -0.39 is 0 Å². The molecule has 0 bridgehead atoms. The van der Waals surface area contributed by atoms with Gasteiger partial charge >= 0.3 is 0 Å². The molecule has 1 heterocycles. The van der Waals surface area contributed by atoms with Crippen LogP contribution in [0.25, 0.3) is 11.0 Å². The summed E-state index contributed by atoms with van der Waals surface area (Å²) in [6.07, 6.45) is 6.07. The third kappa shape index (κ3) is 1.66. The highest BCUT2D eigenvalue weighted by Gasteiger charge is 2.08. The number of aromatic nitrogens is 3. The molecule has 82 valence electrons. The number of aliphatic hydroxyl groups is 1. The van der Waals surface area contributed by atoms with E-state index in [1.165, 1.54) is 0 Å². The van der Waals surface area contributed by atoms with Crippen LogP contribution >= 0.6 is 0 Å². The summed E-state index contributed by atoms with van der Waals surface area (Å²) in [4.78, 5) is 0. The number of aryl methyl sites for hydroxylation is 2. The average Bonchev–Trinajstić information content (AvgIpc) is 2.71. The molecular formula is C12H13N3O. The van der Waals surface area contributed by atoms with Crippen LogP contribution in [0.3, 0.4) is 0 Å². The molecule has 1 N–H and O–H groups in total. The quantitative estimate of drug-likeness (QED) is 0.780. The molecule has 0 amide bonds. The summed E-state index contributed by atoms with van der Waals surface area (Å²) in [6.45, 7) is 2.77. The number of terminal acetylenes is 1. The second-order valence-corrected chi connectivity index (χ2v) is 3.64. The van der Waals surface area contributed by atoms with Crippen LogP contribution in [0.1, 0.15) is 17.5 Å². The molecule has 0 atom stereocenters. The Hall–Kier alpha value is -1.86. The van der Waals surface area contributed by atoms with Crippen LogP contribution in [-0.2, 0) is 6.54 Å². The molecule has 1 aromatic heterocycles. The van der Waals surface area contributed by atoms with Crippen molar-refractivity contribution in [3.05, 3.63) is 23.3 Å². The molecule has 0 saturated carbocycles. The fourth-order valence-corrected chi connectivity index (χ4v) is 1.71. The maximum atomic E-state index is 8.79. The van der Waals surface area contributed by atoms with Crippen molar-refractivity contribution < 1.29 is 5.11 Å². The van der Waals surface area contributed by atoms with Crippen LogP contribution in [0.2, 0.25) is 0 Å². The Morgan fingerprint density at radius 2 is 2.31 bits per heavy atom. The Morgan fingerprint density at radius 3 is 3.00 bits per heavy atom. The highest BCUT2D eigenvalue weighted by molar-refractivity contribution is 5.80. The standard InChI is InChI=1S/C12H13N3O/c1-3-10-5-6-11-12(9(10)2)13-14-15(11)7-4-8-16/h1,5-6,16H,4,7-8H2,2H3. The Balaban J connectivity index is 2.50. The molecule has 0 spiro atoms. The largest absolute Gasteiger partial charge is 0.396 e. The minimum absolute atomic E-state index is 0.156. The van der Waals surface area contributed by atoms with Gasteiger partial charge in [-0.25, -0.2) is 4.68 Å². The highest BCUT2D eigenvalue weighted by Crippen LogP contribution is 2.19. The normalized spacial score (nSPS) is 10.6. The van der Waals surface area contributed by atoms with Crippen LogP contribution in [0.5, 0.6) is 0 Å². The molecule has 0 radical (unpaired) electrons. The van der Waals surface area contributed by atoms with Gasteiger partial charge in [-0.3, -0.25) is 0 Å². The van der Waals surface area contributed by atoms with Crippen molar-refractivity contribution in [2.24, 2.45) is 0 Å². The summed E-state index contributed by atoms with van der Waals surface area (Å²) in [5.74, 6) is 2.62. The molecule has 4 heteroatoms. The van der Waals surface area contributed by atoms with Gasteiger partial charge in [0.1, 0.15) is 5.52 Å². The highest BCUT2D eigenvalue weighted by atomic mass is 16.3. The topological polar surface area (TPSA) is 50.9 Å². The van der Waals surface area contributed by atoms with Gasteiger partial charge in [0.2, 0.25) is 0 Å². The van der Waals surface area contributed by atoms with E-state index in [9.17, 15) is 0 Å². The number of aliphatic hydroxyl groups excluding tert-OH is 1. The van der Waals surface area contributed by atoms with Crippen LogP contribution in [-0.4, -0.2) is 26.7 Å². The lowest BCUT2D eigenvalue weighted by molar-refractivity contribution is 0.277. The fourth-order valence-electron chi connectivity index (χ4n) is 1.71.